The minimum absolute atomic E-state index is 0.104. The second kappa shape index (κ2) is 32.9. The van der Waals surface area contributed by atoms with Gasteiger partial charge in [0.1, 0.15) is 18.3 Å². The van der Waals surface area contributed by atoms with Crippen LogP contribution < -0.4 is 30.2 Å². The quantitative estimate of drug-likeness (QED) is 0.0436. The average molecular weight is 798 g/mol. The van der Waals surface area contributed by atoms with Crippen LogP contribution in [0.5, 0.6) is 17.2 Å². The molecule has 0 unspecified atom stereocenters. The van der Waals surface area contributed by atoms with Crippen molar-refractivity contribution in [3.05, 3.63) is 17.7 Å². The Hall–Kier alpha value is -3.17. The molecule has 0 aromatic heterocycles. The second-order valence-corrected chi connectivity index (χ2v) is 14.5. The highest BCUT2D eigenvalue weighted by molar-refractivity contribution is 5.95. The molecule has 8 N–H and O–H groups in total. The van der Waals surface area contributed by atoms with Crippen molar-refractivity contribution in [3.63, 3.8) is 0 Å². The number of unbranched alkanes of at least 4 members (excludes halogenated alkanes) is 15. The predicted molar refractivity (Wildman–Crippen MR) is 217 cm³/mol. The molecule has 1 rings (SSSR count). The van der Waals surface area contributed by atoms with Gasteiger partial charge in [0.25, 0.3) is 11.8 Å². The molecule has 14 nitrogen and oxygen atoms in total. The molecule has 0 saturated carbocycles. The van der Waals surface area contributed by atoms with E-state index in [0.29, 0.717) is 42.6 Å². The summed E-state index contributed by atoms with van der Waals surface area (Å²) in [7, 11) is 0. The van der Waals surface area contributed by atoms with Crippen molar-refractivity contribution < 1.29 is 54.1 Å². The zero-order chi connectivity index (χ0) is 41.4. The van der Waals surface area contributed by atoms with Crippen LogP contribution in [0, 0.1) is 0 Å². The summed E-state index contributed by atoms with van der Waals surface area (Å²) >= 11 is 0. The second-order valence-electron chi connectivity index (χ2n) is 14.5. The van der Waals surface area contributed by atoms with E-state index in [1.54, 1.807) is 12.1 Å². The molecule has 0 heterocycles. The first-order valence-corrected chi connectivity index (χ1v) is 21.3. The fraction of sp³-hybridized carbons (Fsp3) is 0.786. The zero-order valence-corrected chi connectivity index (χ0v) is 34.5. The number of nitrogens with one attached hydrogen (secondary N) is 3. The topological polar surface area (TPSA) is 216 Å². The van der Waals surface area contributed by atoms with Crippen LogP contribution in [0.15, 0.2) is 12.1 Å². The molecular weight excluding hydrogens is 722 g/mol. The number of aliphatic hydroxyl groups is 5. The maximum atomic E-state index is 13.4. The number of rotatable bonds is 36. The number of aliphatic hydroxyl groups excluding tert-OH is 5. The van der Waals surface area contributed by atoms with Crippen molar-refractivity contribution in [2.75, 3.05) is 46.1 Å². The lowest BCUT2D eigenvalue weighted by Crippen LogP contribution is -2.52. The summed E-state index contributed by atoms with van der Waals surface area (Å²) in [4.78, 5) is 37.8. The summed E-state index contributed by atoms with van der Waals surface area (Å²) < 4.78 is 18.9. The van der Waals surface area contributed by atoms with E-state index >= 15 is 0 Å². The van der Waals surface area contributed by atoms with Gasteiger partial charge in [-0.2, -0.15) is 0 Å². The largest absolute Gasteiger partial charge is 0.490 e. The molecule has 0 saturated heterocycles. The molecule has 0 fully saturated rings. The van der Waals surface area contributed by atoms with E-state index in [2.05, 4.69) is 36.7 Å². The first kappa shape index (κ1) is 50.8. The highest BCUT2D eigenvalue weighted by atomic mass is 16.5. The molecule has 1 aromatic carbocycles. The maximum Gasteiger partial charge on any atom is 0.251 e. The first-order chi connectivity index (χ1) is 27.1. The smallest absolute Gasteiger partial charge is 0.251 e. The van der Waals surface area contributed by atoms with Crippen molar-refractivity contribution in [2.45, 2.75) is 167 Å². The van der Waals surface area contributed by atoms with Crippen LogP contribution >= 0.6 is 0 Å². The van der Waals surface area contributed by atoms with Gasteiger partial charge >= 0.3 is 0 Å². The minimum atomic E-state index is -2.09. The van der Waals surface area contributed by atoms with Gasteiger partial charge < -0.3 is 55.7 Å². The van der Waals surface area contributed by atoms with Gasteiger partial charge in [-0.1, -0.05) is 117 Å². The van der Waals surface area contributed by atoms with Gasteiger partial charge in [0.05, 0.1) is 26.4 Å². The summed E-state index contributed by atoms with van der Waals surface area (Å²) in [5.41, 5.74) is 0.346. The van der Waals surface area contributed by atoms with Crippen LogP contribution in [0.3, 0.4) is 0 Å². The SMILES string of the molecule is CCCCCCCCOc1cc(C(=O)NCCNC(=O)CCNC(=O)[C@H](O)[C@@H](O)[C@H](O)[C@H](O)CO)cc(OCCCCCCCC)c1OCCCCCCCC. The third kappa shape index (κ3) is 22.5. The number of ether oxygens (including phenoxy) is 3. The van der Waals surface area contributed by atoms with E-state index in [4.69, 9.17) is 19.3 Å². The van der Waals surface area contributed by atoms with Crippen LogP contribution in [0.1, 0.15) is 153 Å². The zero-order valence-electron chi connectivity index (χ0n) is 34.5. The van der Waals surface area contributed by atoms with Gasteiger partial charge in [0, 0.05) is 31.6 Å². The van der Waals surface area contributed by atoms with Crippen molar-refractivity contribution >= 4 is 17.7 Å². The first-order valence-electron chi connectivity index (χ1n) is 21.3. The fourth-order valence-electron chi connectivity index (χ4n) is 5.90. The van der Waals surface area contributed by atoms with Gasteiger partial charge in [0.15, 0.2) is 17.6 Å². The van der Waals surface area contributed by atoms with Crippen LogP contribution in [0.4, 0.5) is 0 Å². The molecule has 324 valence electrons. The molecule has 0 aliphatic carbocycles. The van der Waals surface area contributed by atoms with Crippen molar-refractivity contribution in [1.29, 1.82) is 0 Å². The Morgan fingerprint density at radius 1 is 0.571 bits per heavy atom. The van der Waals surface area contributed by atoms with Crippen molar-refractivity contribution in [3.8, 4) is 17.2 Å². The Morgan fingerprint density at radius 2 is 1.02 bits per heavy atom. The molecule has 0 aliphatic heterocycles. The van der Waals surface area contributed by atoms with E-state index in [-0.39, 0.29) is 32.0 Å². The van der Waals surface area contributed by atoms with E-state index in [1.165, 1.54) is 57.8 Å². The average Bonchev–Trinajstić information content (AvgIpc) is 3.20. The highest BCUT2D eigenvalue weighted by Gasteiger charge is 2.34. The van der Waals surface area contributed by atoms with Crippen molar-refractivity contribution in [2.24, 2.45) is 0 Å². The third-order valence-corrected chi connectivity index (χ3v) is 9.45. The Labute approximate surface area is 335 Å². The normalized spacial score (nSPS) is 13.4. The van der Waals surface area contributed by atoms with Crippen LogP contribution in [0.25, 0.3) is 0 Å². The summed E-state index contributed by atoms with van der Waals surface area (Å²) in [6, 6.07) is 3.38. The number of hydrogen-bond acceptors (Lipinski definition) is 11. The molecule has 14 heteroatoms. The summed E-state index contributed by atoms with van der Waals surface area (Å²) in [6.45, 7) is 7.24. The van der Waals surface area contributed by atoms with E-state index in [9.17, 15) is 34.8 Å². The number of hydrogen-bond donors (Lipinski definition) is 8. The van der Waals surface area contributed by atoms with E-state index in [0.717, 1.165) is 57.8 Å². The van der Waals surface area contributed by atoms with Gasteiger partial charge in [-0.25, -0.2) is 0 Å². The number of benzene rings is 1. The monoisotopic (exact) mass is 798 g/mol. The van der Waals surface area contributed by atoms with Crippen LogP contribution in [0.2, 0.25) is 0 Å². The van der Waals surface area contributed by atoms with Gasteiger partial charge in [-0.15, -0.1) is 0 Å². The Bertz CT molecular complexity index is 1150. The van der Waals surface area contributed by atoms with Crippen molar-refractivity contribution in [1.82, 2.24) is 16.0 Å². The number of amides is 3. The predicted octanol–water partition coefficient (Wildman–Crippen LogP) is 4.69. The molecule has 1 aromatic rings. The van der Waals surface area contributed by atoms with Crippen LogP contribution in [-0.2, 0) is 9.59 Å². The molecule has 56 heavy (non-hydrogen) atoms. The van der Waals surface area contributed by atoms with Gasteiger partial charge in [-0.05, 0) is 31.4 Å². The lowest BCUT2D eigenvalue weighted by Gasteiger charge is -2.24. The fourth-order valence-corrected chi connectivity index (χ4v) is 5.90. The van der Waals surface area contributed by atoms with E-state index in [1.807, 2.05) is 0 Å². The summed E-state index contributed by atoms with van der Waals surface area (Å²) in [5.74, 6) is -0.403. The molecule has 0 spiro atoms. The summed E-state index contributed by atoms with van der Waals surface area (Å²) in [5, 5.41) is 55.5. The molecule has 4 atom stereocenters. The minimum Gasteiger partial charge on any atom is -0.490 e. The lowest BCUT2D eigenvalue weighted by molar-refractivity contribution is -0.148. The summed E-state index contributed by atoms with van der Waals surface area (Å²) in [6.07, 6.45) is 12.2. The number of carbonyl (C=O) groups excluding carboxylic acids is 3. The third-order valence-electron chi connectivity index (χ3n) is 9.45. The maximum absolute atomic E-state index is 13.4. The van der Waals surface area contributed by atoms with E-state index < -0.39 is 42.8 Å². The standard InChI is InChI=1S/C42H75N3O11/c1-4-7-10-13-16-19-26-54-34-29-32(30-35(55-27-20-17-14-11-8-5-2)40(34)56-28-21-18-15-12-9-6-3)41(52)45-25-24-43-36(48)22-23-44-42(53)39(51)38(50)37(49)33(47)31-46/h29-30,33,37-39,46-47,49-51H,4-28,31H2,1-3H3,(H,43,48)(H,44,53)(H,45,52)/t33-,37-,38+,39-/m1/s1. The molecule has 0 aliphatic rings. The van der Waals surface area contributed by atoms with Crippen LogP contribution in [-0.4, -0.2) is 114 Å². The van der Waals surface area contributed by atoms with Gasteiger partial charge in [0.2, 0.25) is 11.7 Å². The lowest BCUT2D eigenvalue weighted by atomic mass is 10.0. The Kier molecular flexibility index (Phi) is 29.8. The Morgan fingerprint density at radius 3 is 1.50 bits per heavy atom. The molecular formula is C42H75N3O11. The highest BCUT2D eigenvalue weighted by Crippen LogP contribution is 2.39. The number of carbonyl (C=O) groups is 3. The molecule has 0 radical (unpaired) electrons. The molecule has 3 amide bonds. The molecule has 0 bridgehead atoms. The van der Waals surface area contributed by atoms with Gasteiger partial charge in [-0.3, -0.25) is 14.4 Å². The Balaban J connectivity index is 2.89.